The summed E-state index contributed by atoms with van der Waals surface area (Å²) in [7, 11) is 0. The first kappa shape index (κ1) is 10.3. The van der Waals surface area contributed by atoms with Crippen LogP contribution in [-0.2, 0) is 4.74 Å². The number of pyridine rings is 1. The zero-order valence-corrected chi connectivity index (χ0v) is 9.26. The lowest BCUT2D eigenvalue weighted by atomic mass is 10.3. The molecular formula is C12H12N2O3. The fourth-order valence-electron chi connectivity index (χ4n) is 1.92. The van der Waals surface area contributed by atoms with Crippen LogP contribution in [0.4, 0.5) is 5.88 Å². The molecule has 1 fully saturated rings. The summed E-state index contributed by atoms with van der Waals surface area (Å²) in [4.78, 5) is 17.9. The molecule has 5 heteroatoms. The Morgan fingerprint density at radius 2 is 2.12 bits per heavy atom. The molecule has 2 aromatic heterocycles. The van der Waals surface area contributed by atoms with E-state index in [0.29, 0.717) is 30.2 Å². The Balaban J connectivity index is 2.08. The van der Waals surface area contributed by atoms with Crippen molar-refractivity contribution < 1.29 is 9.15 Å². The number of ether oxygens (including phenoxy) is 1. The van der Waals surface area contributed by atoms with Gasteiger partial charge in [-0.25, -0.2) is 4.98 Å². The summed E-state index contributed by atoms with van der Waals surface area (Å²) in [5, 5.41) is 0. The van der Waals surface area contributed by atoms with Crippen LogP contribution in [-0.4, -0.2) is 31.3 Å². The molecule has 1 saturated heterocycles. The Bertz CT molecular complexity index is 588. The molecule has 0 radical (unpaired) electrons. The van der Waals surface area contributed by atoms with Crippen LogP contribution >= 0.6 is 0 Å². The average Bonchev–Trinajstić information content (AvgIpc) is 2.40. The van der Waals surface area contributed by atoms with Crippen molar-refractivity contribution in [1.29, 1.82) is 0 Å². The highest BCUT2D eigenvalue weighted by Gasteiger charge is 2.15. The predicted molar refractivity (Wildman–Crippen MR) is 63.3 cm³/mol. The minimum absolute atomic E-state index is 0.103. The van der Waals surface area contributed by atoms with E-state index < -0.39 is 0 Å². The van der Waals surface area contributed by atoms with E-state index in [1.54, 1.807) is 18.3 Å². The van der Waals surface area contributed by atoms with Gasteiger partial charge in [-0.3, -0.25) is 4.79 Å². The molecule has 5 nitrogen and oxygen atoms in total. The summed E-state index contributed by atoms with van der Waals surface area (Å²) >= 11 is 0. The zero-order valence-electron chi connectivity index (χ0n) is 9.26. The van der Waals surface area contributed by atoms with E-state index in [0.717, 1.165) is 13.1 Å². The van der Waals surface area contributed by atoms with Gasteiger partial charge in [0, 0.05) is 25.4 Å². The third-order valence-electron chi connectivity index (χ3n) is 2.80. The van der Waals surface area contributed by atoms with Crippen molar-refractivity contribution in [2.24, 2.45) is 0 Å². The maximum Gasteiger partial charge on any atom is 0.213 e. The number of hydrogen-bond acceptors (Lipinski definition) is 5. The van der Waals surface area contributed by atoms with Crippen molar-refractivity contribution in [2.45, 2.75) is 0 Å². The van der Waals surface area contributed by atoms with E-state index in [4.69, 9.17) is 9.15 Å². The highest BCUT2D eigenvalue weighted by molar-refractivity contribution is 5.72. The highest BCUT2D eigenvalue weighted by Crippen LogP contribution is 2.18. The Morgan fingerprint density at radius 3 is 2.94 bits per heavy atom. The van der Waals surface area contributed by atoms with Gasteiger partial charge < -0.3 is 14.1 Å². The second-order valence-corrected chi connectivity index (χ2v) is 3.90. The van der Waals surface area contributed by atoms with Crippen molar-refractivity contribution in [3.05, 3.63) is 34.6 Å². The number of hydrogen-bond donors (Lipinski definition) is 0. The molecule has 88 valence electrons. The average molecular weight is 232 g/mol. The number of nitrogens with zero attached hydrogens (tertiary/aromatic N) is 2. The summed E-state index contributed by atoms with van der Waals surface area (Å²) in [5.74, 6) is 0.596. The number of fused-ring (bicyclic) bond motifs is 1. The Labute approximate surface area is 97.6 Å². The van der Waals surface area contributed by atoms with Crippen LogP contribution in [0.2, 0.25) is 0 Å². The number of rotatable bonds is 1. The van der Waals surface area contributed by atoms with Crippen molar-refractivity contribution in [3.8, 4) is 0 Å². The van der Waals surface area contributed by atoms with Gasteiger partial charge in [0.15, 0.2) is 17.0 Å². The Kier molecular flexibility index (Phi) is 2.53. The fraction of sp³-hybridized carbons (Fsp3) is 0.333. The molecule has 0 amide bonds. The molecule has 2 aromatic rings. The Morgan fingerprint density at radius 1 is 1.29 bits per heavy atom. The molecule has 0 spiro atoms. The van der Waals surface area contributed by atoms with Crippen LogP contribution in [0.1, 0.15) is 0 Å². The largest absolute Gasteiger partial charge is 0.439 e. The van der Waals surface area contributed by atoms with E-state index in [1.165, 1.54) is 6.07 Å². The number of anilines is 1. The second-order valence-electron chi connectivity index (χ2n) is 3.90. The van der Waals surface area contributed by atoms with E-state index in [-0.39, 0.29) is 5.43 Å². The molecule has 0 bridgehead atoms. The lowest BCUT2D eigenvalue weighted by molar-refractivity contribution is 0.121. The second kappa shape index (κ2) is 4.18. The van der Waals surface area contributed by atoms with E-state index in [2.05, 4.69) is 4.98 Å². The number of morpholine rings is 1. The molecule has 1 aliphatic rings. The maximum atomic E-state index is 11.9. The molecule has 1 aliphatic heterocycles. The van der Waals surface area contributed by atoms with Crippen LogP contribution in [0, 0.1) is 0 Å². The lowest BCUT2D eigenvalue weighted by Crippen LogP contribution is -2.36. The van der Waals surface area contributed by atoms with Crippen LogP contribution in [0.25, 0.3) is 11.1 Å². The summed E-state index contributed by atoms with van der Waals surface area (Å²) in [5.41, 5.74) is 0.805. The first-order chi connectivity index (χ1) is 8.34. The van der Waals surface area contributed by atoms with E-state index >= 15 is 0 Å². The van der Waals surface area contributed by atoms with Gasteiger partial charge in [-0.05, 0) is 12.1 Å². The van der Waals surface area contributed by atoms with Gasteiger partial charge in [0.1, 0.15) is 0 Å². The third-order valence-corrected chi connectivity index (χ3v) is 2.80. The third kappa shape index (κ3) is 1.89. The van der Waals surface area contributed by atoms with Crippen LogP contribution in [0.15, 0.2) is 33.6 Å². The molecule has 3 rings (SSSR count). The quantitative estimate of drug-likeness (QED) is 0.734. The van der Waals surface area contributed by atoms with Crippen molar-refractivity contribution in [1.82, 2.24) is 4.98 Å². The predicted octanol–water partition coefficient (Wildman–Crippen LogP) is 1.02. The van der Waals surface area contributed by atoms with Crippen molar-refractivity contribution in [2.75, 3.05) is 31.2 Å². The van der Waals surface area contributed by atoms with E-state index in [1.807, 2.05) is 4.90 Å². The molecular weight excluding hydrogens is 220 g/mol. The molecule has 0 unspecified atom stereocenters. The van der Waals surface area contributed by atoms with Gasteiger partial charge in [-0.15, -0.1) is 0 Å². The number of aromatic nitrogens is 1. The molecule has 0 atom stereocenters. The minimum Gasteiger partial charge on any atom is -0.439 e. The monoisotopic (exact) mass is 232 g/mol. The van der Waals surface area contributed by atoms with Gasteiger partial charge in [0.05, 0.1) is 13.2 Å². The van der Waals surface area contributed by atoms with Gasteiger partial charge in [-0.2, -0.15) is 0 Å². The van der Waals surface area contributed by atoms with E-state index in [9.17, 15) is 4.79 Å². The van der Waals surface area contributed by atoms with Gasteiger partial charge in [0.25, 0.3) is 0 Å². The van der Waals surface area contributed by atoms with Crippen LogP contribution < -0.4 is 10.3 Å². The van der Waals surface area contributed by atoms with Crippen LogP contribution in [0.5, 0.6) is 0 Å². The summed E-state index contributed by atoms with van der Waals surface area (Å²) in [6.07, 6.45) is 1.59. The fourth-order valence-corrected chi connectivity index (χ4v) is 1.92. The molecule has 0 aromatic carbocycles. The lowest BCUT2D eigenvalue weighted by Gasteiger charge is -2.27. The smallest absolute Gasteiger partial charge is 0.213 e. The first-order valence-corrected chi connectivity index (χ1v) is 5.56. The molecule has 17 heavy (non-hydrogen) atoms. The van der Waals surface area contributed by atoms with Crippen molar-refractivity contribution >= 4 is 17.0 Å². The topological polar surface area (TPSA) is 55.6 Å². The minimum atomic E-state index is -0.103. The maximum absolute atomic E-state index is 11.9. The molecule has 0 saturated carbocycles. The summed E-state index contributed by atoms with van der Waals surface area (Å²) < 4.78 is 11.0. The summed E-state index contributed by atoms with van der Waals surface area (Å²) in [6.45, 7) is 2.81. The van der Waals surface area contributed by atoms with Crippen molar-refractivity contribution in [3.63, 3.8) is 0 Å². The standard InChI is InChI=1S/C12H12N2O3/c15-9-8-11(14-4-6-16-7-5-14)17-10-2-1-3-13-12(9)10/h1-3,8H,4-7H2. The van der Waals surface area contributed by atoms with Gasteiger partial charge in [0.2, 0.25) is 5.43 Å². The zero-order chi connectivity index (χ0) is 11.7. The Hall–Kier alpha value is -1.88. The SMILES string of the molecule is O=c1cc(N2CCOCC2)oc2cccnc12. The first-order valence-electron chi connectivity index (χ1n) is 5.56. The summed E-state index contributed by atoms with van der Waals surface area (Å²) in [6, 6.07) is 5.02. The van der Waals surface area contributed by atoms with Gasteiger partial charge >= 0.3 is 0 Å². The normalized spacial score (nSPS) is 16.4. The highest BCUT2D eigenvalue weighted by atomic mass is 16.5. The van der Waals surface area contributed by atoms with Crippen LogP contribution in [0.3, 0.4) is 0 Å². The molecule has 3 heterocycles. The van der Waals surface area contributed by atoms with Gasteiger partial charge in [-0.1, -0.05) is 0 Å². The molecule has 0 aliphatic carbocycles. The molecule has 0 N–H and O–H groups in total.